The van der Waals surface area contributed by atoms with Crippen LogP contribution < -0.4 is 4.74 Å². The van der Waals surface area contributed by atoms with Crippen LogP contribution in [0.5, 0.6) is 5.75 Å². The molecule has 0 saturated heterocycles. The minimum Gasteiger partial charge on any atom is -0.497 e. The summed E-state index contributed by atoms with van der Waals surface area (Å²) in [7, 11) is 5.98. The molecule has 4 nitrogen and oxygen atoms in total. The molecule has 4 heteroatoms. The third-order valence-electron chi connectivity index (χ3n) is 6.09. The number of benzene rings is 2. The van der Waals surface area contributed by atoms with Gasteiger partial charge in [-0.25, -0.2) is 0 Å². The van der Waals surface area contributed by atoms with Crippen LogP contribution in [0.3, 0.4) is 0 Å². The molecular formula is C28H36N2O2. The highest BCUT2D eigenvalue weighted by molar-refractivity contribution is 5.94. The zero-order chi connectivity index (χ0) is 23.1. The van der Waals surface area contributed by atoms with Gasteiger partial charge in [0.25, 0.3) is 5.91 Å². The maximum Gasteiger partial charge on any atom is 0.253 e. The van der Waals surface area contributed by atoms with Crippen LogP contribution in [0, 0.1) is 5.92 Å². The first kappa shape index (κ1) is 23.8. The second-order valence-electron chi connectivity index (χ2n) is 8.65. The van der Waals surface area contributed by atoms with Crippen molar-refractivity contribution >= 4 is 17.6 Å². The van der Waals surface area contributed by atoms with Crippen LogP contribution in [0.25, 0.3) is 11.6 Å². The van der Waals surface area contributed by atoms with Gasteiger partial charge >= 0.3 is 0 Å². The molecule has 1 atom stereocenters. The van der Waals surface area contributed by atoms with E-state index in [-0.39, 0.29) is 5.91 Å². The molecule has 0 fully saturated rings. The highest BCUT2D eigenvalue weighted by Crippen LogP contribution is 2.37. The average Bonchev–Trinajstić information content (AvgIpc) is 2.80. The Balaban J connectivity index is 1.95. The van der Waals surface area contributed by atoms with Crippen LogP contribution >= 0.6 is 0 Å². The Morgan fingerprint density at radius 1 is 1.09 bits per heavy atom. The topological polar surface area (TPSA) is 32.8 Å². The van der Waals surface area contributed by atoms with Crippen LogP contribution in [0.4, 0.5) is 0 Å². The Morgan fingerprint density at radius 2 is 1.84 bits per heavy atom. The molecule has 32 heavy (non-hydrogen) atoms. The fourth-order valence-corrected chi connectivity index (χ4v) is 4.42. The standard InChI is InChI=1S/C28H36N2O2/c1-6-30(7-2)28(31)24-12-8-10-21(17-24)16-22-14-15-25(20-29(3)4)27(18-22)23-11-9-13-26(19-23)32-5/h8-13,16-19,25H,6-7,14-15,20H2,1-5H3/b22-16-. The van der Waals surface area contributed by atoms with E-state index in [2.05, 4.69) is 55.4 Å². The van der Waals surface area contributed by atoms with Crippen LogP contribution in [0.1, 0.15) is 48.2 Å². The van der Waals surface area contributed by atoms with E-state index in [9.17, 15) is 4.79 Å². The van der Waals surface area contributed by atoms with Gasteiger partial charge in [-0.3, -0.25) is 4.79 Å². The van der Waals surface area contributed by atoms with E-state index in [1.165, 1.54) is 16.7 Å². The number of hydrogen-bond donors (Lipinski definition) is 0. The van der Waals surface area contributed by atoms with Crippen molar-refractivity contribution in [2.24, 2.45) is 5.92 Å². The normalized spacial score (nSPS) is 17.4. The SMILES string of the molecule is CCN(CC)C(=O)c1cccc(/C=C2\C=C(c3cccc(OC)c3)C(CN(C)C)CC2)c1. The van der Waals surface area contributed by atoms with E-state index in [0.29, 0.717) is 5.92 Å². The highest BCUT2D eigenvalue weighted by Gasteiger charge is 2.22. The molecule has 1 aliphatic carbocycles. The number of allylic oxidation sites excluding steroid dienone is 2. The first-order valence-electron chi connectivity index (χ1n) is 11.6. The quantitative estimate of drug-likeness (QED) is 0.543. The Hall–Kier alpha value is -2.85. The molecule has 1 unspecified atom stereocenters. The molecule has 0 radical (unpaired) electrons. The number of amides is 1. The molecule has 0 aliphatic heterocycles. The summed E-state index contributed by atoms with van der Waals surface area (Å²) >= 11 is 0. The number of ether oxygens (including phenoxy) is 1. The molecule has 0 N–H and O–H groups in total. The molecule has 0 spiro atoms. The van der Waals surface area contributed by atoms with E-state index in [1.54, 1.807) is 7.11 Å². The molecule has 0 bridgehead atoms. The molecular weight excluding hydrogens is 396 g/mol. The summed E-state index contributed by atoms with van der Waals surface area (Å²) in [5.41, 5.74) is 5.69. The van der Waals surface area contributed by atoms with Gasteiger partial charge in [0.2, 0.25) is 0 Å². The molecule has 1 amide bonds. The van der Waals surface area contributed by atoms with Crippen molar-refractivity contribution in [3.63, 3.8) is 0 Å². The minimum atomic E-state index is 0.0950. The van der Waals surface area contributed by atoms with Crippen molar-refractivity contribution in [2.75, 3.05) is 40.8 Å². The van der Waals surface area contributed by atoms with E-state index >= 15 is 0 Å². The van der Waals surface area contributed by atoms with Gasteiger partial charge in [0.15, 0.2) is 0 Å². The van der Waals surface area contributed by atoms with Gasteiger partial charge in [0, 0.05) is 25.2 Å². The monoisotopic (exact) mass is 432 g/mol. The second kappa shape index (κ2) is 11.1. The van der Waals surface area contributed by atoms with Gasteiger partial charge in [-0.05, 0) is 93.2 Å². The zero-order valence-corrected chi connectivity index (χ0v) is 20.1. The summed E-state index contributed by atoms with van der Waals surface area (Å²) in [4.78, 5) is 16.9. The smallest absolute Gasteiger partial charge is 0.253 e. The lowest BCUT2D eigenvalue weighted by molar-refractivity contribution is 0.0773. The highest BCUT2D eigenvalue weighted by atomic mass is 16.5. The Labute approximate surface area is 193 Å². The number of carbonyl (C=O) groups excluding carboxylic acids is 1. The summed E-state index contributed by atoms with van der Waals surface area (Å²) in [5, 5.41) is 0. The Morgan fingerprint density at radius 3 is 2.53 bits per heavy atom. The fourth-order valence-electron chi connectivity index (χ4n) is 4.42. The van der Waals surface area contributed by atoms with E-state index in [0.717, 1.165) is 49.4 Å². The van der Waals surface area contributed by atoms with Crippen LogP contribution in [0.2, 0.25) is 0 Å². The summed E-state index contributed by atoms with van der Waals surface area (Å²) in [6, 6.07) is 16.3. The van der Waals surface area contributed by atoms with Crippen molar-refractivity contribution in [1.82, 2.24) is 9.80 Å². The lowest BCUT2D eigenvalue weighted by Crippen LogP contribution is -2.30. The van der Waals surface area contributed by atoms with Gasteiger partial charge < -0.3 is 14.5 Å². The van der Waals surface area contributed by atoms with Crippen molar-refractivity contribution in [2.45, 2.75) is 26.7 Å². The van der Waals surface area contributed by atoms with Crippen LogP contribution in [-0.4, -0.2) is 56.5 Å². The predicted octanol–water partition coefficient (Wildman–Crippen LogP) is 5.62. The average molecular weight is 433 g/mol. The Kier molecular flexibility index (Phi) is 8.29. The van der Waals surface area contributed by atoms with Crippen molar-refractivity contribution < 1.29 is 9.53 Å². The summed E-state index contributed by atoms with van der Waals surface area (Å²) in [5.74, 6) is 1.45. The number of hydrogen-bond acceptors (Lipinski definition) is 3. The van der Waals surface area contributed by atoms with Gasteiger partial charge in [0.1, 0.15) is 5.75 Å². The number of methoxy groups -OCH3 is 1. The summed E-state index contributed by atoms with van der Waals surface area (Å²) in [6.07, 6.45) is 6.70. The predicted molar refractivity (Wildman–Crippen MR) is 134 cm³/mol. The molecule has 0 saturated carbocycles. The molecule has 0 aromatic heterocycles. The van der Waals surface area contributed by atoms with Crippen LogP contribution in [0.15, 0.2) is 60.2 Å². The fraction of sp³-hybridized carbons (Fsp3) is 0.393. The molecule has 3 rings (SSSR count). The molecule has 0 heterocycles. The van der Waals surface area contributed by atoms with Gasteiger partial charge in [-0.15, -0.1) is 0 Å². The first-order chi connectivity index (χ1) is 15.4. The number of rotatable bonds is 8. The molecule has 170 valence electrons. The third-order valence-corrected chi connectivity index (χ3v) is 6.09. The van der Waals surface area contributed by atoms with E-state index < -0.39 is 0 Å². The first-order valence-corrected chi connectivity index (χ1v) is 11.6. The van der Waals surface area contributed by atoms with Crippen LogP contribution in [-0.2, 0) is 0 Å². The summed E-state index contributed by atoms with van der Waals surface area (Å²) in [6.45, 7) is 6.50. The largest absolute Gasteiger partial charge is 0.497 e. The van der Waals surface area contributed by atoms with Gasteiger partial charge in [-0.1, -0.05) is 36.4 Å². The van der Waals surface area contributed by atoms with Gasteiger partial charge in [0.05, 0.1) is 7.11 Å². The molecule has 2 aromatic carbocycles. The second-order valence-corrected chi connectivity index (χ2v) is 8.65. The zero-order valence-electron chi connectivity index (χ0n) is 20.1. The lowest BCUT2D eigenvalue weighted by atomic mass is 9.81. The number of nitrogens with zero attached hydrogens (tertiary/aromatic N) is 2. The minimum absolute atomic E-state index is 0.0950. The third kappa shape index (κ3) is 5.89. The Bertz CT molecular complexity index is 986. The van der Waals surface area contributed by atoms with Crippen molar-refractivity contribution in [3.8, 4) is 5.75 Å². The molecule has 2 aromatic rings. The van der Waals surface area contributed by atoms with Gasteiger partial charge in [-0.2, -0.15) is 0 Å². The lowest BCUT2D eigenvalue weighted by Gasteiger charge is -2.29. The maximum atomic E-state index is 12.8. The maximum absolute atomic E-state index is 12.8. The van der Waals surface area contributed by atoms with E-state index in [1.807, 2.05) is 43.0 Å². The van der Waals surface area contributed by atoms with Crippen molar-refractivity contribution in [3.05, 3.63) is 76.9 Å². The molecule has 1 aliphatic rings. The number of carbonyl (C=O) groups is 1. The van der Waals surface area contributed by atoms with Crippen molar-refractivity contribution in [1.29, 1.82) is 0 Å². The summed E-state index contributed by atoms with van der Waals surface area (Å²) < 4.78 is 5.47. The van der Waals surface area contributed by atoms with E-state index in [4.69, 9.17) is 4.74 Å².